The van der Waals surface area contributed by atoms with Crippen LogP contribution in [0.4, 0.5) is 5.69 Å². The predicted octanol–water partition coefficient (Wildman–Crippen LogP) is 5.75. The molecular formula is C20H25Cl2N3O2. The summed E-state index contributed by atoms with van der Waals surface area (Å²) in [7, 11) is 0. The van der Waals surface area contributed by atoms with Gasteiger partial charge in [0.1, 0.15) is 5.75 Å². The monoisotopic (exact) mass is 409 g/mol. The van der Waals surface area contributed by atoms with Crippen LogP contribution in [-0.4, -0.2) is 15.7 Å². The van der Waals surface area contributed by atoms with Gasteiger partial charge in [0.2, 0.25) is 5.91 Å². The van der Waals surface area contributed by atoms with Gasteiger partial charge in [0.05, 0.1) is 22.1 Å². The summed E-state index contributed by atoms with van der Waals surface area (Å²) in [6, 6.07) is 5.08. The summed E-state index contributed by atoms with van der Waals surface area (Å²) in [4.78, 5) is 12.3. The van der Waals surface area contributed by atoms with Gasteiger partial charge in [0, 0.05) is 11.4 Å². The molecule has 7 heteroatoms. The molecule has 2 aromatic rings. The molecule has 0 saturated heterocycles. The number of hydrogen-bond acceptors (Lipinski definition) is 3. The van der Waals surface area contributed by atoms with Gasteiger partial charge in [-0.1, -0.05) is 48.9 Å². The van der Waals surface area contributed by atoms with E-state index in [1.54, 1.807) is 22.9 Å². The Hall–Kier alpha value is -1.72. The minimum Gasteiger partial charge on any atom is -0.470 e. The average molecular weight is 410 g/mol. The number of hydrogen-bond donors (Lipinski definition) is 1. The summed E-state index contributed by atoms with van der Waals surface area (Å²) >= 11 is 12.0. The summed E-state index contributed by atoms with van der Waals surface area (Å²) in [5, 5.41) is 8.49. The van der Waals surface area contributed by atoms with Gasteiger partial charge in [0.25, 0.3) is 0 Å². The molecule has 5 nitrogen and oxygen atoms in total. The van der Waals surface area contributed by atoms with E-state index in [-0.39, 0.29) is 12.6 Å². The average Bonchev–Trinajstić information content (AvgIpc) is 3.23. The number of ether oxygens (including phenoxy) is 1. The maximum atomic E-state index is 12.3. The number of anilines is 1. The number of nitrogens with one attached hydrogen (secondary N) is 1. The highest BCUT2D eigenvalue weighted by atomic mass is 35.5. The second-order valence-corrected chi connectivity index (χ2v) is 7.97. The van der Waals surface area contributed by atoms with Crippen molar-refractivity contribution in [2.24, 2.45) is 5.92 Å². The summed E-state index contributed by atoms with van der Waals surface area (Å²) < 4.78 is 7.46. The van der Waals surface area contributed by atoms with Gasteiger partial charge in [-0.2, -0.15) is 5.10 Å². The fourth-order valence-electron chi connectivity index (χ4n) is 3.56. The lowest BCUT2D eigenvalue weighted by molar-refractivity contribution is -0.116. The highest BCUT2D eigenvalue weighted by Gasteiger charge is 2.18. The van der Waals surface area contributed by atoms with Gasteiger partial charge >= 0.3 is 0 Å². The predicted molar refractivity (Wildman–Crippen MR) is 109 cm³/mol. The van der Waals surface area contributed by atoms with Gasteiger partial charge in [-0.15, -0.1) is 0 Å². The van der Waals surface area contributed by atoms with E-state index in [0.29, 0.717) is 28.1 Å². The molecule has 1 aromatic carbocycles. The van der Waals surface area contributed by atoms with Gasteiger partial charge < -0.3 is 10.1 Å². The smallest absolute Gasteiger partial charge is 0.224 e. The van der Waals surface area contributed by atoms with Gasteiger partial charge in [-0.05, 0) is 44.4 Å². The maximum Gasteiger partial charge on any atom is 0.224 e. The Kier molecular flexibility index (Phi) is 6.66. The van der Waals surface area contributed by atoms with Crippen LogP contribution in [0.3, 0.4) is 0 Å². The summed E-state index contributed by atoms with van der Waals surface area (Å²) in [6.07, 6.45) is 6.65. The van der Waals surface area contributed by atoms with Crippen molar-refractivity contribution in [1.82, 2.24) is 9.78 Å². The zero-order chi connectivity index (χ0) is 19.4. The number of amides is 1. The molecule has 1 N–H and O–H groups in total. The molecule has 1 aromatic heterocycles. The molecule has 3 rings (SSSR count). The molecule has 0 bridgehead atoms. The highest BCUT2D eigenvalue weighted by molar-refractivity contribution is 6.35. The molecule has 0 unspecified atom stereocenters. The summed E-state index contributed by atoms with van der Waals surface area (Å²) in [5.41, 5.74) is 2.39. The minimum atomic E-state index is 0.0503. The Morgan fingerprint density at radius 1 is 1.30 bits per heavy atom. The maximum absolute atomic E-state index is 12.3. The Bertz CT molecular complexity index is 814. The topological polar surface area (TPSA) is 56.1 Å². The third-order valence-electron chi connectivity index (χ3n) is 5.14. The first kappa shape index (κ1) is 20.0. The van der Waals surface area contributed by atoms with Crippen LogP contribution < -0.4 is 10.1 Å². The Morgan fingerprint density at radius 3 is 2.74 bits per heavy atom. The van der Waals surface area contributed by atoms with E-state index >= 15 is 0 Å². The Balaban J connectivity index is 1.59. The quantitative estimate of drug-likeness (QED) is 0.632. The van der Waals surface area contributed by atoms with E-state index in [1.165, 1.54) is 25.7 Å². The van der Waals surface area contributed by atoms with Crippen LogP contribution in [-0.2, 0) is 11.5 Å². The highest BCUT2D eigenvalue weighted by Crippen LogP contribution is 2.30. The lowest BCUT2D eigenvalue weighted by Gasteiger charge is -2.11. The molecule has 1 aliphatic carbocycles. The van der Waals surface area contributed by atoms with Crippen LogP contribution in [0.25, 0.3) is 0 Å². The Labute approximate surface area is 170 Å². The first-order valence-corrected chi connectivity index (χ1v) is 10.1. The van der Waals surface area contributed by atoms with Crippen molar-refractivity contribution in [1.29, 1.82) is 0 Å². The van der Waals surface area contributed by atoms with Crippen LogP contribution >= 0.6 is 23.2 Å². The van der Waals surface area contributed by atoms with Gasteiger partial charge in [0.15, 0.2) is 6.73 Å². The first-order valence-electron chi connectivity index (χ1n) is 9.35. The standard InChI is InChI=1S/C20H25Cl2N3O2/c1-13-20(23-19(26)10-7-15-5-3-4-6-15)14(2)25(24-13)12-27-18-9-8-16(21)11-17(18)22/h8-9,11,15H,3-7,10,12H2,1-2H3,(H,23,26). The van der Waals surface area contributed by atoms with Crippen molar-refractivity contribution >= 4 is 34.8 Å². The first-order chi connectivity index (χ1) is 12.9. The van der Waals surface area contributed by atoms with Crippen molar-refractivity contribution in [3.05, 3.63) is 39.6 Å². The van der Waals surface area contributed by atoms with Crippen LogP contribution in [0.5, 0.6) is 5.75 Å². The number of benzene rings is 1. The zero-order valence-electron chi connectivity index (χ0n) is 15.7. The molecule has 0 radical (unpaired) electrons. The second kappa shape index (κ2) is 8.98. The van der Waals surface area contributed by atoms with Crippen LogP contribution in [0.1, 0.15) is 49.9 Å². The number of carbonyl (C=O) groups excluding carboxylic acids is 1. The second-order valence-electron chi connectivity index (χ2n) is 7.13. The van der Waals surface area contributed by atoms with Crippen molar-refractivity contribution in [3.8, 4) is 5.75 Å². The molecule has 1 saturated carbocycles. The minimum absolute atomic E-state index is 0.0503. The molecule has 0 aliphatic heterocycles. The van der Waals surface area contributed by atoms with E-state index in [1.807, 2.05) is 13.8 Å². The number of halogens is 2. The normalized spacial score (nSPS) is 14.5. The summed E-state index contributed by atoms with van der Waals surface area (Å²) in [6.45, 7) is 4.00. The third-order valence-corrected chi connectivity index (χ3v) is 5.67. The lowest BCUT2D eigenvalue weighted by atomic mass is 10.0. The Morgan fingerprint density at radius 2 is 2.04 bits per heavy atom. The SMILES string of the molecule is Cc1nn(COc2ccc(Cl)cc2Cl)c(C)c1NC(=O)CCC1CCCC1. The van der Waals surface area contributed by atoms with E-state index < -0.39 is 0 Å². The number of rotatable bonds is 7. The van der Waals surface area contributed by atoms with Crippen molar-refractivity contribution in [2.45, 2.75) is 59.1 Å². The van der Waals surface area contributed by atoms with Crippen molar-refractivity contribution < 1.29 is 9.53 Å². The van der Waals surface area contributed by atoms with Crippen molar-refractivity contribution in [2.75, 3.05) is 5.32 Å². The number of carbonyl (C=O) groups is 1. The molecule has 0 atom stereocenters. The molecule has 1 amide bonds. The van der Waals surface area contributed by atoms with E-state index in [4.69, 9.17) is 27.9 Å². The molecule has 27 heavy (non-hydrogen) atoms. The van der Waals surface area contributed by atoms with Crippen molar-refractivity contribution in [3.63, 3.8) is 0 Å². The van der Waals surface area contributed by atoms with E-state index in [9.17, 15) is 4.79 Å². The zero-order valence-corrected chi connectivity index (χ0v) is 17.2. The number of aromatic nitrogens is 2. The van der Waals surface area contributed by atoms with Crippen LogP contribution in [0, 0.1) is 19.8 Å². The van der Waals surface area contributed by atoms with Crippen LogP contribution in [0.2, 0.25) is 10.0 Å². The number of nitrogens with zero attached hydrogens (tertiary/aromatic N) is 2. The largest absolute Gasteiger partial charge is 0.470 e. The van der Waals surface area contributed by atoms with Gasteiger partial charge in [-0.3, -0.25) is 4.79 Å². The number of aryl methyl sites for hydroxylation is 1. The fraction of sp³-hybridized carbons (Fsp3) is 0.500. The molecule has 0 spiro atoms. The van der Waals surface area contributed by atoms with E-state index in [2.05, 4.69) is 10.4 Å². The molecule has 1 fully saturated rings. The summed E-state index contributed by atoms with van der Waals surface area (Å²) in [5.74, 6) is 1.29. The molecule has 1 heterocycles. The fourth-order valence-corrected chi connectivity index (χ4v) is 4.03. The van der Waals surface area contributed by atoms with Crippen LogP contribution in [0.15, 0.2) is 18.2 Å². The molecular weight excluding hydrogens is 385 g/mol. The molecule has 146 valence electrons. The third kappa shape index (κ3) is 5.17. The van der Waals surface area contributed by atoms with E-state index in [0.717, 1.165) is 23.5 Å². The molecule has 1 aliphatic rings. The lowest BCUT2D eigenvalue weighted by Crippen LogP contribution is -2.14. The van der Waals surface area contributed by atoms with Gasteiger partial charge in [-0.25, -0.2) is 4.68 Å².